The van der Waals surface area contributed by atoms with Crippen molar-refractivity contribution >= 4 is 39.9 Å². The molecule has 0 radical (unpaired) electrons. The zero-order chi connectivity index (χ0) is 19.0. The molecule has 26 heavy (non-hydrogen) atoms. The second kappa shape index (κ2) is 7.37. The third-order valence-electron chi connectivity index (χ3n) is 4.45. The molecule has 0 aliphatic rings. The highest BCUT2D eigenvalue weighted by Gasteiger charge is 2.23. The highest BCUT2D eigenvalue weighted by Crippen LogP contribution is 2.28. The Morgan fingerprint density at radius 1 is 1.38 bits per heavy atom. The van der Waals surface area contributed by atoms with Gasteiger partial charge in [-0.15, -0.1) is 11.3 Å². The lowest BCUT2D eigenvalue weighted by Crippen LogP contribution is -2.30. The largest absolute Gasteiger partial charge is 0.334 e. The zero-order valence-corrected chi connectivity index (χ0v) is 17.3. The van der Waals surface area contributed by atoms with E-state index in [1.165, 1.54) is 11.3 Å². The summed E-state index contributed by atoms with van der Waals surface area (Å²) >= 11 is 7.54. The first-order chi connectivity index (χ1) is 12.3. The van der Waals surface area contributed by atoms with E-state index in [-0.39, 0.29) is 11.8 Å². The zero-order valence-electron chi connectivity index (χ0n) is 15.7. The molecule has 0 saturated heterocycles. The standard InChI is InChI=1S/C19H23ClN4OS/c1-6-24(10-13-7-8-16(20)26-13)19(25)14-9-15(11(2)3)21-18-17(14)12(4)22-23(18)5/h7-9,11H,6,10H2,1-5H3. The second-order valence-corrected chi connectivity index (χ2v) is 8.48. The summed E-state index contributed by atoms with van der Waals surface area (Å²) in [5.74, 6) is 0.231. The molecule has 7 heteroatoms. The van der Waals surface area contributed by atoms with Gasteiger partial charge in [-0.3, -0.25) is 9.48 Å². The summed E-state index contributed by atoms with van der Waals surface area (Å²) in [5, 5.41) is 5.31. The average Bonchev–Trinajstić information content (AvgIpc) is 3.14. The maximum atomic E-state index is 13.4. The Labute approximate surface area is 162 Å². The molecule has 0 aliphatic carbocycles. The van der Waals surface area contributed by atoms with Crippen molar-refractivity contribution in [3.63, 3.8) is 0 Å². The van der Waals surface area contributed by atoms with E-state index in [4.69, 9.17) is 16.6 Å². The van der Waals surface area contributed by atoms with Gasteiger partial charge in [0.15, 0.2) is 5.65 Å². The number of pyridine rings is 1. The van der Waals surface area contributed by atoms with E-state index >= 15 is 0 Å². The SMILES string of the molecule is CCN(Cc1ccc(Cl)s1)C(=O)c1cc(C(C)C)nc2c1c(C)nn2C. The average molecular weight is 391 g/mol. The molecule has 0 atom stereocenters. The smallest absolute Gasteiger partial charge is 0.255 e. The Morgan fingerprint density at radius 3 is 2.69 bits per heavy atom. The fourth-order valence-corrected chi connectivity index (χ4v) is 4.15. The molecule has 0 aliphatic heterocycles. The minimum atomic E-state index is 0.00224. The van der Waals surface area contributed by atoms with Gasteiger partial charge in [0, 0.05) is 24.2 Å². The van der Waals surface area contributed by atoms with Gasteiger partial charge in [0.25, 0.3) is 5.91 Å². The van der Waals surface area contributed by atoms with Gasteiger partial charge in [-0.2, -0.15) is 5.10 Å². The second-order valence-electron chi connectivity index (χ2n) is 6.68. The van der Waals surface area contributed by atoms with E-state index in [2.05, 4.69) is 18.9 Å². The number of thiophene rings is 1. The number of carbonyl (C=O) groups excluding carboxylic acids is 1. The van der Waals surface area contributed by atoms with Crippen molar-refractivity contribution in [1.82, 2.24) is 19.7 Å². The maximum absolute atomic E-state index is 13.4. The van der Waals surface area contributed by atoms with Crippen LogP contribution in [0.5, 0.6) is 0 Å². The molecule has 3 heterocycles. The van der Waals surface area contributed by atoms with Crippen LogP contribution in [0.1, 0.15) is 53.3 Å². The summed E-state index contributed by atoms with van der Waals surface area (Å²) in [6, 6.07) is 5.76. The van der Waals surface area contributed by atoms with E-state index in [1.54, 1.807) is 4.68 Å². The van der Waals surface area contributed by atoms with E-state index in [0.717, 1.165) is 31.6 Å². The van der Waals surface area contributed by atoms with Crippen LogP contribution in [0.4, 0.5) is 0 Å². The number of nitrogens with zero attached hydrogens (tertiary/aromatic N) is 4. The number of fused-ring (bicyclic) bond motifs is 1. The van der Waals surface area contributed by atoms with Gasteiger partial charge in [-0.25, -0.2) is 4.98 Å². The first kappa shape index (κ1) is 18.9. The van der Waals surface area contributed by atoms with Gasteiger partial charge < -0.3 is 4.90 Å². The van der Waals surface area contributed by atoms with Gasteiger partial charge in [0.1, 0.15) is 0 Å². The van der Waals surface area contributed by atoms with Crippen molar-refractivity contribution in [2.45, 2.75) is 40.2 Å². The van der Waals surface area contributed by atoms with Crippen LogP contribution in [-0.4, -0.2) is 32.1 Å². The number of carbonyl (C=O) groups is 1. The molecule has 3 aromatic heterocycles. The molecular formula is C19H23ClN4OS. The van der Waals surface area contributed by atoms with Crippen LogP contribution >= 0.6 is 22.9 Å². The van der Waals surface area contributed by atoms with E-state index in [0.29, 0.717) is 18.7 Å². The predicted octanol–water partition coefficient (Wildman–Crippen LogP) is 4.78. The number of halogens is 1. The molecule has 138 valence electrons. The molecule has 0 fully saturated rings. The fraction of sp³-hybridized carbons (Fsp3) is 0.421. The summed E-state index contributed by atoms with van der Waals surface area (Å²) in [6.07, 6.45) is 0. The summed E-state index contributed by atoms with van der Waals surface area (Å²) in [7, 11) is 1.87. The number of amides is 1. The lowest BCUT2D eigenvalue weighted by atomic mass is 10.0. The van der Waals surface area contributed by atoms with E-state index < -0.39 is 0 Å². The first-order valence-electron chi connectivity index (χ1n) is 8.69. The molecule has 0 spiro atoms. The van der Waals surface area contributed by atoms with Crippen LogP contribution in [0.2, 0.25) is 4.34 Å². The van der Waals surface area contributed by atoms with E-state index in [9.17, 15) is 4.79 Å². The third-order valence-corrected chi connectivity index (χ3v) is 5.67. The highest BCUT2D eigenvalue weighted by atomic mass is 35.5. The van der Waals surface area contributed by atoms with Gasteiger partial charge in [0.2, 0.25) is 0 Å². The number of aromatic nitrogens is 3. The summed E-state index contributed by atoms with van der Waals surface area (Å²) < 4.78 is 2.49. The molecule has 0 saturated carbocycles. The van der Waals surface area contributed by atoms with Crippen molar-refractivity contribution < 1.29 is 4.79 Å². The van der Waals surface area contributed by atoms with Crippen molar-refractivity contribution in [2.24, 2.45) is 7.05 Å². The van der Waals surface area contributed by atoms with Crippen molar-refractivity contribution in [2.75, 3.05) is 6.54 Å². The van der Waals surface area contributed by atoms with Gasteiger partial charge in [-0.1, -0.05) is 25.4 Å². The summed E-state index contributed by atoms with van der Waals surface area (Å²) in [5.41, 5.74) is 3.16. The van der Waals surface area contributed by atoms with Crippen LogP contribution in [-0.2, 0) is 13.6 Å². The topological polar surface area (TPSA) is 51.0 Å². The van der Waals surface area contributed by atoms with Crippen LogP contribution < -0.4 is 0 Å². The van der Waals surface area contributed by atoms with Crippen molar-refractivity contribution in [1.29, 1.82) is 0 Å². The number of hydrogen-bond donors (Lipinski definition) is 0. The Kier molecular flexibility index (Phi) is 5.34. The molecule has 5 nitrogen and oxygen atoms in total. The van der Waals surface area contributed by atoms with Gasteiger partial charge >= 0.3 is 0 Å². The van der Waals surface area contributed by atoms with Crippen LogP contribution in [0.15, 0.2) is 18.2 Å². The van der Waals surface area contributed by atoms with Crippen molar-refractivity contribution in [3.8, 4) is 0 Å². The molecule has 0 unspecified atom stereocenters. The molecule has 0 aromatic carbocycles. The van der Waals surface area contributed by atoms with E-state index in [1.807, 2.05) is 44.0 Å². The minimum Gasteiger partial charge on any atom is -0.334 e. The summed E-state index contributed by atoms with van der Waals surface area (Å²) in [4.78, 5) is 21.0. The lowest BCUT2D eigenvalue weighted by Gasteiger charge is -2.21. The molecule has 0 bridgehead atoms. The monoisotopic (exact) mass is 390 g/mol. The minimum absolute atomic E-state index is 0.00224. The Hall–Kier alpha value is -1.92. The Bertz CT molecular complexity index is 960. The molecule has 3 aromatic rings. The molecule has 0 N–H and O–H groups in total. The van der Waals surface area contributed by atoms with Gasteiger partial charge in [0.05, 0.1) is 27.5 Å². The molecular weight excluding hydrogens is 368 g/mol. The summed E-state index contributed by atoms with van der Waals surface area (Å²) in [6.45, 7) is 9.24. The Balaban J connectivity index is 2.08. The maximum Gasteiger partial charge on any atom is 0.255 e. The predicted molar refractivity (Wildman–Crippen MR) is 107 cm³/mol. The number of aryl methyl sites for hydroxylation is 2. The Morgan fingerprint density at radius 2 is 2.12 bits per heavy atom. The highest BCUT2D eigenvalue weighted by molar-refractivity contribution is 7.16. The lowest BCUT2D eigenvalue weighted by molar-refractivity contribution is 0.0756. The van der Waals surface area contributed by atoms with Gasteiger partial charge in [-0.05, 0) is 38.0 Å². The normalized spacial score (nSPS) is 11.5. The first-order valence-corrected chi connectivity index (χ1v) is 9.89. The third kappa shape index (κ3) is 3.48. The van der Waals surface area contributed by atoms with Crippen LogP contribution in [0, 0.1) is 6.92 Å². The molecule has 1 amide bonds. The molecule has 3 rings (SSSR count). The number of hydrogen-bond acceptors (Lipinski definition) is 4. The fourth-order valence-electron chi connectivity index (χ4n) is 3.05. The quantitative estimate of drug-likeness (QED) is 0.630. The van der Waals surface area contributed by atoms with Crippen molar-refractivity contribution in [3.05, 3.63) is 44.4 Å². The van der Waals surface area contributed by atoms with Crippen LogP contribution in [0.25, 0.3) is 11.0 Å². The van der Waals surface area contributed by atoms with Crippen LogP contribution in [0.3, 0.4) is 0 Å². The number of rotatable bonds is 5.